The van der Waals surface area contributed by atoms with Crippen molar-refractivity contribution in [1.29, 1.82) is 0 Å². The van der Waals surface area contributed by atoms with Crippen molar-refractivity contribution < 1.29 is 9.59 Å². The summed E-state index contributed by atoms with van der Waals surface area (Å²) in [6.07, 6.45) is 1.66. The van der Waals surface area contributed by atoms with E-state index in [1.165, 1.54) is 14.0 Å². The Bertz CT molecular complexity index is 1370. The molecule has 1 aliphatic heterocycles. The van der Waals surface area contributed by atoms with Crippen LogP contribution in [0.15, 0.2) is 48.0 Å². The number of rotatable bonds is 3. The fourth-order valence-electron chi connectivity index (χ4n) is 4.01. The van der Waals surface area contributed by atoms with E-state index in [0.717, 1.165) is 33.8 Å². The average molecular weight is 569 g/mol. The summed E-state index contributed by atoms with van der Waals surface area (Å²) in [7, 11) is 0. The number of halogens is 1. The maximum Gasteiger partial charge on any atom is 0.270 e. The smallest absolute Gasteiger partial charge is 0.270 e. The lowest BCUT2D eigenvalue weighted by atomic mass is 10.1. The summed E-state index contributed by atoms with van der Waals surface area (Å²) in [5, 5.41) is 2.76. The quantitative estimate of drug-likeness (QED) is 0.198. The minimum absolute atomic E-state index is 0.0564. The number of nitrogens with zero attached hydrogens (tertiary/aromatic N) is 2. The van der Waals surface area contributed by atoms with Gasteiger partial charge in [0.2, 0.25) is 0 Å². The van der Waals surface area contributed by atoms with Crippen molar-refractivity contribution in [1.82, 2.24) is 9.88 Å². The Morgan fingerprint density at radius 1 is 0.879 bits per heavy atom. The van der Waals surface area contributed by atoms with Crippen molar-refractivity contribution in [2.75, 3.05) is 4.90 Å². The van der Waals surface area contributed by atoms with E-state index < -0.39 is 11.8 Å². The number of benzene rings is 2. The molecule has 0 bridgehead atoms. The van der Waals surface area contributed by atoms with E-state index >= 15 is 0 Å². The molecule has 168 valence electrons. The van der Waals surface area contributed by atoms with Gasteiger partial charge >= 0.3 is 0 Å². The molecule has 1 aromatic heterocycles. The van der Waals surface area contributed by atoms with Gasteiger partial charge in [0.15, 0.2) is 5.11 Å². The second kappa shape index (κ2) is 8.87. The molecule has 1 N–H and O–H groups in total. The molecule has 0 saturated carbocycles. The van der Waals surface area contributed by atoms with Gasteiger partial charge in [-0.05, 0) is 134 Å². The molecule has 7 heteroatoms. The van der Waals surface area contributed by atoms with Crippen LogP contribution >= 0.6 is 34.8 Å². The van der Waals surface area contributed by atoms with Crippen LogP contribution in [-0.2, 0) is 9.59 Å². The Labute approximate surface area is 212 Å². The van der Waals surface area contributed by atoms with Gasteiger partial charge in [-0.2, -0.15) is 0 Å². The van der Waals surface area contributed by atoms with Gasteiger partial charge in [0.1, 0.15) is 5.57 Å². The molecule has 0 unspecified atom stereocenters. The second-order valence-corrected chi connectivity index (χ2v) is 9.87. The van der Waals surface area contributed by atoms with Crippen LogP contribution in [0.2, 0.25) is 0 Å². The highest BCUT2D eigenvalue weighted by atomic mass is 127. The van der Waals surface area contributed by atoms with E-state index in [0.29, 0.717) is 5.69 Å². The van der Waals surface area contributed by atoms with Crippen molar-refractivity contribution in [2.45, 2.75) is 34.6 Å². The lowest BCUT2D eigenvalue weighted by Gasteiger charge is -2.29. The van der Waals surface area contributed by atoms with Crippen LogP contribution in [0.25, 0.3) is 11.8 Å². The maximum atomic E-state index is 13.4. The molecule has 2 aromatic carbocycles. The molecule has 2 heterocycles. The molecule has 2 amide bonds. The highest BCUT2D eigenvalue weighted by molar-refractivity contribution is 14.1. The minimum Gasteiger partial charge on any atom is -0.318 e. The molecule has 1 saturated heterocycles. The van der Waals surface area contributed by atoms with E-state index in [4.69, 9.17) is 12.2 Å². The predicted molar refractivity (Wildman–Crippen MR) is 145 cm³/mol. The Hall–Kier alpha value is -2.78. The summed E-state index contributed by atoms with van der Waals surface area (Å²) in [4.78, 5) is 27.5. The van der Waals surface area contributed by atoms with E-state index in [-0.39, 0.29) is 10.7 Å². The molecule has 33 heavy (non-hydrogen) atoms. The van der Waals surface area contributed by atoms with E-state index in [9.17, 15) is 9.59 Å². The summed E-state index contributed by atoms with van der Waals surface area (Å²) in [6.45, 7) is 10.1. The number of carbonyl (C=O) groups excluding carboxylic acids is 2. The summed E-state index contributed by atoms with van der Waals surface area (Å²) in [5.74, 6) is -0.915. The minimum atomic E-state index is -0.486. The van der Waals surface area contributed by atoms with Gasteiger partial charge in [0.05, 0.1) is 5.69 Å². The van der Waals surface area contributed by atoms with Crippen LogP contribution in [0.1, 0.15) is 33.6 Å². The number of amides is 2. The SMILES string of the molecule is Cc1ccc(N2C(=O)/C(=C/c3cc(C)n(-c4ccc(I)c(C)c4)c3C)C(=O)NC2=S)cc1C. The molecular formula is C26H24IN3O2S. The number of thiocarbonyl (C=S) groups is 1. The first-order valence-corrected chi connectivity index (χ1v) is 12.0. The number of carbonyl (C=O) groups is 2. The molecule has 0 radical (unpaired) electrons. The fourth-order valence-corrected chi connectivity index (χ4v) is 4.63. The number of hydrogen-bond donors (Lipinski definition) is 1. The van der Waals surface area contributed by atoms with E-state index in [2.05, 4.69) is 57.6 Å². The molecule has 0 aliphatic carbocycles. The summed E-state index contributed by atoms with van der Waals surface area (Å²) < 4.78 is 3.33. The standard InChI is InChI=1S/C26H24IN3O2S/c1-14-6-7-21(10-15(14)2)30-25(32)22(24(31)28-26(30)33)13-19-12-17(4)29(18(19)5)20-8-9-23(27)16(3)11-20/h6-13H,1-5H3,(H,28,31,33)/b22-13+. The van der Waals surface area contributed by atoms with E-state index in [1.54, 1.807) is 6.08 Å². The van der Waals surface area contributed by atoms with Crippen molar-refractivity contribution in [3.05, 3.63) is 85.2 Å². The van der Waals surface area contributed by atoms with Gasteiger partial charge in [-0.25, -0.2) is 0 Å². The molecule has 1 fully saturated rings. The number of aromatic nitrogens is 1. The lowest BCUT2D eigenvalue weighted by molar-refractivity contribution is -0.122. The van der Waals surface area contributed by atoms with Gasteiger partial charge in [-0.3, -0.25) is 19.8 Å². The highest BCUT2D eigenvalue weighted by Gasteiger charge is 2.34. The Kier molecular flexibility index (Phi) is 6.28. The van der Waals surface area contributed by atoms with Gasteiger partial charge in [0.25, 0.3) is 11.8 Å². The number of nitrogens with one attached hydrogen (secondary N) is 1. The van der Waals surface area contributed by atoms with Crippen molar-refractivity contribution >= 4 is 63.5 Å². The number of hydrogen-bond acceptors (Lipinski definition) is 3. The fraction of sp³-hybridized carbons (Fsp3) is 0.192. The molecule has 3 aromatic rings. The van der Waals surface area contributed by atoms with Crippen LogP contribution in [-0.4, -0.2) is 21.5 Å². The van der Waals surface area contributed by atoms with Crippen molar-refractivity contribution in [3.8, 4) is 5.69 Å². The van der Waals surface area contributed by atoms with Crippen LogP contribution in [0.5, 0.6) is 0 Å². The topological polar surface area (TPSA) is 54.3 Å². The highest BCUT2D eigenvalue weighted by Crippen LogP contribution is 2.28. The normalized spacial score (nSPS) is 15.4. The molecule has 5 nitrogen and oxygen atoms in total. The second-order valence-electron chi connectivity index (χ2n) is 8.32. The van der Waals surface area contributed by atoms with Gasteiger partial charge in [-0.15, -0.1) is 0 Å². The third-order valence-electron chi connectivity index (χ3n) is 6.02. The third kappa shape index (κ3) is 4.27. The zero-order valence-electron chi connectivity index (χ0n) is 19.1. The first-order valence-electron chi connectivity index (χ1n) is 10.5. The van der Waals surface area contributed by atoms with E-state index in [1.807, 2.05) is 52.0 Å². The Balaban J connectivity index is 1.77. The van der Waals surface area contributed by atoms with Crippen molar-refractivity contribution in [2.24, 2.45) is 0 Å². The molecule has 1 aliphatic rings. The van der Waals surface area contributed by atoms with Gasteiger partial charge < -0.3 is 4.57 Å². The number of anilines is 1. The summed E-state index contributed by atoms with van der Waals surface area (Å²) >= 11 is 7.66. The maximum absolute atomic E-state index is 13.4. The predicted octanol–water partition coefficient (Wildman–Crippen LogP) is 5.46. The summed E-state index contributed by atoms with van der Waals surface area (Å²) in [5.41, 5.74) is 7.88. The zero-order valence-corrected chi connectivity index (χ0v) is 22.1. The summed E-state index contributed by atoms with van der Waals surface area (Å²) in [6, 6.07) is 14.0. The monoisotopic (exact) mass is 569 g/mol. The van der Waals surface area contributed by atoms with Crippen LogP contribution in [0.4, 0.5) is 5.69 Å². The van der Waals surface area contributed by atoms with Crippen LogP contribution in [0, 0.1) is 38.2 Å². The third-order valence-corrected chi connectivity index (χ3v) is 7.52. The zero-order chi connectivity index (χ0) is 24.0. The molecule has 4 rings (SSSR count). The lowest BCUT2D eigenvalue weighted by Crippen LogP contribution is -2.54. The van der Waals surface area contributed by atoms with Crippen LogP contribution in [0.3, 0.4) is 0 Å². The molecule has 0 atom stereocenters. The Morgan fingerprint density at radius 2 is 1.55 bits per heavy atom. The molecule has 0 spiro atoms. The van der Waals surface area contributed by atoms with Crippen LogP contribution < -0.4 is 10.2 Å². The first-order chi connectivity index (χ1) is 15.6. The largest absolute Gasteiger partial charge is 0.318 e. The van der Waals surface area contributed by atoms with Gasteiger partial charge in [0, 0.05) is 20.6 Å². The molecular weight excluding hydrogens is 545 g/mol. The van der Waals surface area contributed by atoms with Gasteiger partial charge in [-0.1, -0.05) is 6.07 Å². The van der Waals surface area contributed by atoms with Crippen molar-refractivity contribution in [3.63, 3.8) is 0 Å². The Morgan fingerprint density at radius 3 is 2.21 bits per heavy atom. The number of aryl methyl sites for hydroxylation is 4. The average Bonchev–Trinajstić information content (AvgIpc) is 3.03. The first kappa shape index (κ1) is 23.4.